The van der Waals surface area contributed by atoms with Crippen LogP contribution in [0.25, 0.3) is 20.9 Å². The smallest absolute Gasteiger partial charge is 0.248 e. The van der Waals surface area contributed by atoms with Crippen LogP contribution in [0, 0.1) is 0 Å². The van der Waals surface area contributed by atoms with Crippen LogP contribution < -0.4 is 4.57 Å². The molecule has 0 aliphatic carbocycles. The third-order valence-corrected chi connectivity index (χ3v) is 4.20. The van der Waals surface area contributed by atoms with Crippen LogP contribution in [-0.2, 0) is 6.54 Å². The maximum absolute atomic E-state index is 4.49. The Morgan fingerprint density at radius 3 is 3.06 bits per heavy atom. The molecule has 0 amide bonds. The highest BCUT2D eigenvalue weighted by atomic mass is 32.1. The molecular formula is C13H9N2S+. The van der Waals surface area contributed by atoms with E-state index >= 15 is 0 Å². The van der Waals surface area contributed by atoms with E-state index in [-0.39, 0.29) is 0 Å². The lowest BCUT2D eigenvalue weighted by Gasteiger charge is -1.89. The van der Waals surface area contributed by atoms with Crippen LogP contribution in [0.15, 0.2) is 42.6 Å². The maximum Gasteiger partial charge on any atom is 0.289 e. The molecule has 0 spiro atoms. The van der Waals surface area contributed by atoms with E-state index in [1.165, 1.54) is 20.8 Å². The Kier molecular flexibility index (Phi) is 1.52. The number of aromatic nitrogens is 2. The van der Waals surface area contributed by atoms with Crippen molar-refractivity contribution < 1.29 is 4.57 Å². The second-order valence-electron chi connectivity index (χ2n) is 3.97. The number of pyridine rings is 1. The number of nitrogens with zero attached hydrogens (tertiary/aromatic N) is 2. The van der Waals surface area contributed by atoms with Gasteiger partial charge in [-0.3, -0.25) is 0 Å². The Hall–Kier alpha value is -1.74. The molecule has 0 saturated heterocycles. The van der Waals surface area contributed by atoms with E-state index in [2.05, 4.69) is 39.9 Å². The van der Waals surface area contributed by atoms with Gasteiger partial charge in [0.25, 0.3) is 5.01 Å². The quantitative estimate of drug-likeness (QED) is 0.420. The number of rotatable bonds is 0. The summed E-state index contributed by atoms with van der Waals surface area (Å²) in [6, 6.07) is 12.7. The Balaban J connectivity index is 2.12. The molecule has 0 unspecified atom stereocenters. The molecule has 3 heteroatoms. The van der Waals surface area contributed by atoms with E-state index in [1.54, 1.807) is 0 Å². The first-order valence-electron chi connectivity index (χ1n) is 5.29. The monoisotopic (exact) mass is 225 g/mol. The van der Waals surface area contributed by atoms with Crippen LogP contribution in [0.2, 0.25) is 0 Å². The summed E-state index contributed by atoms with van der Waals surface area (Å²) < 4.78 is 3.70. The number of para-hydroxylation sites is 1. The molecule has 0 saturated carbocycles. The predicted octanol–water partition coefficient (Wildman–Crippen LogP) is 2.61. The lowest BCUT2D eigenvalue weighted by atomic mass is 10.2. The fourth-order valence-electron chi connectivity index (χ4n) is 2.30. The molecule has 1 aromatic carbocycles. The van der Waals surface area contributed by atoms with Crippen LogP contribution in [0.3, 0.4) is 0 Å². The number of benzene rings is 1. The first-order chi connectivity index (χ1) is 7.93. The molecule has 0 bridgehead atoms. The normalized spacial score (nSPS) is 12.8. The zero-order valence-corrected chi connectivity index (χ0v) is 9.37. The summed E-state index contributed by atoms with van der Waals surface area (Å²) in [4.78, 5) is 4.49. The first kappa shape index (κ1) is 8.42. The largest absolute Gasteiger partial charge is 0.289 e. The van der Waals surface area contributed by atoms with Crippen molar-refractivity contribution in [2.75, 3.05) is 0 Å². The van der Waals surface area contributed by atoms with Crippen molar-refractivity contribution in [3.8, 4) is 10.7 Å². The second-order valence-corrected chi connectivity index (χ2v) is 5.00. The van der Waals surface area contributed by atoms with Crippen LogP contribution in [0.1, 0.15) is 5.56 Å². The Morgan fingerprint density at radius 2 is 2.06 bits per heavy atom. The Labute approximate surface area is 96.8 Å². The average Bonchev–Trinajstić information content (AvgIpc) is 2.85. The molecule has 2 aromatic heterocycles. The summed E-state index contributed by atoms with van der Waals surface area (Å²) in [5.41, 5.74) is 3.81. The van der Waals surface area contributed by atoms with Crippen molar-refractivity contribution in [2.45, 2.75) is 6.54 Å². The van der Waals surface area contributed by atoms with Crippen molar-refractivity contribution in [3.05, 3.63) is 48.2 Å². The maximum atomic E-state index is 4.49. The number of hydrogen-bond donors (Lipinski definition) is 0. The summed E-state index contributed by atoms with van der Waals surface area (Å²) >= 11 is 1.83. The van der Waals surface area contributed by atoms with Gasteiger partial charge in [-0.25, -0.2) is 4.98 Å². The number of hydrogen-bond acceptors (Lipinski definition) is 2. The highest BCUT2D eigenvalue weighted by Gasteiger charge is 2.31. The molecular weight excluding hydrogens is 216 g/mol. The molecule has 3 aromatic rings. The van der Waals surface area contributed by atoms with Crippen LogP contribution in [-0.4, -0.2) is 4.98 Å². The van der Waals surface area contributed by atoms with Gasteiger partial charge in [-0.05, 0) is 18.2 Å². The van der Waals surface area contributed by atoms with Crippen LogP contribution in [0.4, 0.5) is 0 Å². The van der Waals surface area contributed by atoms with Gasteiger partial charge in [-0.2, -0.15) is 4.57 Å². The first-order valence-corrected chi connectivity index (χ1v) is 6.11. The lowest BCUT2D eigenvalue weighted by Crippen LogP contribution is -2.30. The van der Waals surface area contributed by atoms with Gasteiger partial charge in [0.1, 0.15) is 4.70 Å². The van der Waals surface area contributed by atoms with E-state index in [0.717, 1.165) is 12.2 Å². The van der Waals surface area contributed by atoms with Gasteiger partial charge >= 0.3 is 0 Å². The number of thiazole rings is 1. The SMILES string of the molecule is c1cnc2c(c1)C[n+]1c-2sc2ccccc21. The summed E-state index contributed by atoms with van der Waals surface area (Å²) in [7, 11) is 0. The van der Waals surface area contributed by atoms with Crippen LogP contribution >= 0.6 is 11.3 Å². The van der Waals surface area contributed by atoms with E-state index in [0.29, 0.717) is 0 Å². The zero-order chi connectivity index (χ0) is 10.5. The van der Waals surface area contributed by atoms with E-state index in [1.807, 2.05) is 23.6 Å². The average molecular weight is 225 g/mol. The van der Waals surface area contributed by atoms with Gasteiger partial charge in [-0.15, -0.1) is 0 Å². The van der Waals surface area contributed by atoms with Gasteiger partial charge in [-0.1, -0.05) is 23.5 Å². The topological polar surface area (TPSA) is 16.8 Å². The van der Waals surface area contributed by atoms with Gasteiger partial charge < -0.3 is 0 Å². The molecule has 0 radical (unpaired) electrons. The molecule has 0 fully saturated rings. The van der Waals surface area contributed by atoms with Gasteiger partial charge in [0.15, 0.2) is 12.2 Å². The molecule has 0 atom stereocenters. The molecule has 3 heterocycles. The summed E-state index contributed by atoms with van der Waals surface area (Å²) in [6.45, 7) is 0.961. The van der Waals surface area contributed by atoms with Crippen molar-refractivity contribution in [2.24, 2.45) is 0 Å². The van der Waals surface area contributed by atoms with Crippen molar-refractivity contribution in [1.82, 2.24) is 4.98 Å². The molecule has 76 valence electrons. The van der Waals surface area contributed by atoms with E-state index in [9.17, 15) is 0 Å². The van der Waals surface area contributed by atoms with E-state index < -0.39 is 0 Å². The fourth-order valence-corrected chi connectivity index (χ4v) is 3.49. The predicted molar refractivity (Wildman–Crippen MR) is 64.4 cm³/mol. The minimum Gasteiger partial charge on any atom is -0.248 e. The molecule has 2 nitrogen and oxygen atoms in total. The molecule has 1 aliphatic heterocycles. The minimum absolute atomic E-state index is 0.961. The molecule has 4 rings (SSSR count). The molecule has 1 aliphatic rings. The third kappa shape index (κ3) is 0.959. The number of fused-ring (bicyclic) bond motifs is 5. The molecule has 16 heavy (non-hydrogen) atoms. The fraction of sp³-hybridized carbons (Fsp3) is 0.0769. The molecule has 0 N–H and O–H groups in total. The summed E-state index contributed by atoms with van der Waals surface area (Å²) in [5, 5.41) is 1.29. The Bertz CT molecular complexity index is 700. The van der Waals surface area contributed by atoms with Gasteiger partial charge in [0.05, 0.1) is 5.56 Å². The van der Waals surface area contributed by atoms with E-state index in [4.69, 9.17) is 0 Å². The van der Waals surface area contributed by atoms with Gasteiger partial charge in [0.2, 0.25) is 5.52 Å². The summed E-state index contributed by atoms with van der Waals surface area (Å²) in [6.07, 6.45) is 1.87. The van der Waals surface area contributed by atoms with Crippen LogP contribution in [0.5, 0.6) is 0 Å². The lowest BCUT2D eigenvalue weighted by molar-refractivity contribution is -0.642. The minimum atomic E-state index is 0.961. The standard InChI is InChI=1S/C13H9N2S/c1-2-6-11-10(5-1)15-8-9-4-3-7-14-12(9)13(15)16-11/h1-7H,8H2/q+1. The third-order valence-electron chi connectivity index (χ3n) is 3.03. The zero-order valence-electron chi connectivity index (χ0n) is 8.55. The van der Waals surface area contributed by atoms with Gasteiger partial charge in [0, 0.05) is 12.3 Å². The highest BCUT2D eigenvalue weighted by molar-refractivity contribution is 7.21. The summed E-state index contributed by atoms with van der Waals surface area (Å²) in [5.74, 6) is 0. The second kappa shape index (κ2) is 2.89. The van der Waals surface area contributed by atoms with Crippen molar-refractivity contribution in [1.29, 1.82) is 0 Å². The van der Waals surface area contributed by atoms with Crippen molar-refractivity contribution in [3.63, 3.8) is 0 Å². The van der Waals surface area contributed by atoms with Crippen molar-refractivity contribution >= 4 is 21.6 Å². The highest BCUT2D eigenvalue weighted by Crippen LogP contribution is 2.33. The Morgan fingerprint density at radius 1 is 1.12 bits per heavy atom.